The normalized spacial score (nSPS) is 15.9. The minimum Gasteiger partial charge on any atom is -0.480 e. The SMILES string of the molecule is Cc1cc(F)cc2c1CC(C(=O)O)N2C(=O)OCc1ccccc1. The molecule has 5 nitrogen and oxygen atoms in total. The van der Waals surface area contributed by atoms with E-state index in [1.54, 1.807) is 19.1 Å². The van der Waals surface area contributed by atoms with E-state index in [2.05, 4.69) is 0 Å². The van der Waals surface area contributed by atoms with Gasteiger partial charge >= 0.3 is 12.1 Å². The molecule has 3 rings (SSSR count). The number of carbonyl (C=O) groups is 2. The van der Waals surface area contributed by atoms with E-state index >= 15 is 0 Å². The maximum atomic E-state index is 13.7. The van der Waals surface area contributed by atoms with Crippen LogP contribution in [0.25, 0.3) is 0 Å². The van der Waals surface area contributed by atoms with Gasteiger partial charge in [0.1, 0.15) is 18.5 Å². The first-order valence-electron chi connectivity index (χ1n) is 7.49. The molecule has 1 aliphatic heterocycles. The number of amides is 1. The van der Waals surface area contributed by atoms with Crippen molar-refractivity contribution in [2.24, 2.45) is 0 Å². The highest BCUT2D eigenvalue weighted by atomic mass is 19.1. The summed E-state index contributed by atoms with van der Waals surface area (Å²) in [5.74, 6) is -1.67. The van der Waals surface area contributed by atoms with Crippen molar-refractivity contribution in [3.05, 3.63) is 65.0 Å². The van der Waals surface area contributed by atoms with Gasteiger partial charge in [0, 0.05) is 6.42 Å². The van der Waals surface area contributed by atoms with E-state index in [-0.39, 0.29) is 18.7 Å². The molecule has 6 heteroatoms. The van der Waals surface area contributed by atoms with Crippen LogP contribution >= 0.6 is 0 Å². The van der Waals surface area contributed by atoms with E-state index in [0.717, 1.165) is 10.5 Å². The van der Waals surface area contributed by atoms with E-state index in [4.69, 9.17) is 4.74 Å². The highest BCUT2D eigenvalue weighted by molar-refractivity contribution is 5.98. The molecule has 0 saturated heterocycles. The Morgan fingerprint density at radius 2 is 2.00 bits per heavy atom. The van der Waals surface area contributed by atoms with Crippen LogP contribution in [0.2, 0.25) is 0 Å². The van der Waals surface area contributed by atoms with E-state index in [1.807, 2.05) is 18.2 Å². The van der Waals surface area contributed by atoms with Crippen LogP contribution in [0.3, 0.4) is 0 Å². The molecule has 0 radical (unpaired) electrons. The lowest BCUT2D eigenvalue weighted by Gasteiger charge is -2.22. The zero-order chi connectivity index (χ0) is 17.3. The Bertz CT molecular complexity index is 791. The van der Waals surface area contributed by atoms with Gasteiger partial charge in [-0.15, -0.1) is 0 Å². The first kappa shape index (κ1) is 16.0. The van der Waals surface area contributed by atoms with Crippen molar-refractivity contribution in [3.8, 4) is 0 Å². The molecule has 1 unspecified atom stereocenters. The van der Waals surface area contributed by atoms with Gasteiger partial charge in [-0.3, -0.25) is 4.90 Å². The van der Waals surface area contributed by atoms with Gasteiger partial charge in [-0.2, -0.15) is 0 Å². The Morgan fingerprint density at radius 1 is 1.29 bits per heavy atom. The summed E-state index contributed by atoms with van der Waals surface area (Å²) >= 11 is 0. The third-order valence-electron chi connectivity index (χ3n) is 4.07. The summed E-state index contributed by atoms with van der Waals surface area (Å²) in [6.07, 6.45) is -0.660. The third kappa shape index (κ3) is 2.95. The number of hydrogen-bond donors (Lipinski definition) is 1. The van der Waals surface area contributed by atoms with Crippen LogP contribution in [0, 0.1) is 12.7 Å². The second-order valence-electron chi connectivity index (χ2n) is 5.69. The number of carboxylic acids is 1. The fourth-order valence-corrected chi connectivity index (χ4v) is 2.90. The molecule has 1 N–H and O–H groups in total. The quantitative estimate of drug-likeness (QED) is 0.938. The van der Waals surface area contributed by atoms with Gasteiger partial charge < -0.3 is 9.84 Å². The number of aryl methyl sites for hydroxylation is 1. The molecular weight excluding hydrogens is 313 g/mol. The second kappa shape index (κ2) is 6.31. The maximum absolute atomic E-state index is 13.7. The van der Waals surface area contributed by atoms with Crippen molar-refractivity contribution < 1.29 is 23.8 Å². The molecule has 124 valence electrons. The number of halogens is 1. The number of nitrogens with zero attached hydrogens (tertiary/aromatic N) is 1. The molecule has 0 aromatic heterocycles. The van der Waals surface area contributed by atoms with Gasteiger partial charge in [-0.05, 0) is 35.7 Å². The molecule has 1 amide bonds. The number of carboxylic acid groups (broad SMARTS) is 1. The monoisotopic (exact) mass is 329 g/mol. The minimum absolute atomic E-state index is 0.0200. The Hall–Kier alpha value is -2.89. The molecule has 1 atom stereocenters. The van der Waals surface area contributed by atoms with Gasteiger partial charge in [0.15, 0.2) is 0 Å². The molecule has 1 heterocycles. The number of fused-ring (bicyclic) bond motifs is 1. The Morgan fingerprint density at radius 3 is 2.67 bits per heavy atom. The molecule has 2 aromatic rings. The number of carbonyl (C=O) groups excluding carboxylic acids is 1. The standard InChI is InChI=1S/C18H16FNO4/c1-11-7-13(19)8-15-14(11)9-16(17(21)22)20(15)18(23)24-10-12-5-3-2-4-6-12/h2-8,16H,9-10H2,1H3,(H,21,22). The van der Waals surface area contributed by atoms with Crippen molar-refractivity contribution in [2.75, 3.05) is 4.90 Å². The zero-order valence-electron chi connectivity index (χ0n) is 13.0. The fraction of sp³-hybridized carbons (Fsp3) is 0.222. The summed E-state index contributed by atoms with van der Waals surface area (Å²) in [6.45, 7) is 1.71. The summed E-state index contributed by atoms with van der Waals surface area (Å²) in [5.41, 5.74) is 2.32. The van der Waals surface area contributed by atoms with Crippen LogP contribution in [-0.4, -0.2) is 23.2 Å². The number of aliphatic carboxylic acids is 1. The van der Waals surface area contributed by atoms with Crippen LogP contribution in [-0.2, 0) is 22.6 Å². The van der Waals surface area contributed by atoms with Crippen molar-refractivity contribution in [2.45, 2.75) is 26.0 Å². The van der Waals surface area contributed by atoms with Gasteiger partial charge in [-0.25, -0.2) is 14.0 Å². The average molecular weight is 329 g/mol. The Balaban J connectivity index is 1.87. The predicted molar refractivity (Wildman–Crippen MR) is 85.4 cm³/mol. The maximum Gasteiger partial charge on any atom is 0.415 e. The van der Waals surface area contributed by atoms with Crippen LogP contribution in [0.15, 0.2) is 42.5 Å². The second-order valence-corrected chi connectivity index (χ2v) is 5.69. The lowest BCUT2D eigenvalue weighted by atomic mass is 10.0. The average Bonchev–Trinajstić information content (AvgIpc) is 2.93. The van der Waals surface area contributed by atoms with Gasteiger partial charge in [0.05, 0.1) is 5.69 Å². The fourth-order valence-electron chi connectivity index (χ4n) is 2.90. The first-order valence-corrected chi connectivity index (χ1v) is 7.49. The van der Waals surface area contributed by atoms with Gasteiger partial charge in [0.25, 0.3) is 0 Å². The predicted octanol–water partition coefficient (Wildman–Crippen LogP) is 3.29. The lowest BCUT2D eigenvalue weighted by molar-refractivity contribution is -0.138. The van der Waals surface area contributed by atoms with Crippen LogP contribution in [0.5, 0.6) is 0 Å². The molecule has 0 saturated carbocycles. The molecule has 0 bridgehead atoms. The summed E-state index contributed by atoms with van der Waals surface area (Å²) in [7, 11) is 0. The van der Waals surface area contributed by atoms with Gasteiger partial charge in [0.2, 0.25) is 0 Å². The van der Waals surface area contributed by atoms with Crippen LogP contribution in [0.1, 0.15) is 16.7 Å². The summed E-state index contributed by atoms with van der Waals surface area (Å²) < 4.78 is 18.9. The summed E-state index contributed by atoms with van der Waals surface area (Å²) in [6, 6.07) is 10.5. The van der Waals surface area contributed by atoms with Crippen molar-refractivity contribution >= 4 is 17.7 Å². The zero-order valence-corrected chi connectivity index (χ0v) is 13.0. The van der Waals surface area contributed by atoms with E-state index in [1.165, 1.54) is 12.1 Å². The summed E-state index contributed by atoms with van der Waals surface area (Å²) in [4.78, 5) is 25.0. The topological polar surface area (TPSA) is 66.8 Å². The van der Waals surface area contributed by atoms with Crippen LogP contribution in [0.4, 0.5) is 14.9 Å². The van der Waals surface area contributed by atoms with E-state index in [0.29, 0.717) is 11.1 Å². The number of rotatable bonds is 3. The van der Waals surface area contributed by atoms with Crippen molar-refractivity contribution in [3.63, 3.8) is 0 Å². The molecule has 2 aromatic carbocycles. The van der Waals surface area contributed by atoms with E-state index in [9.17, 15) is 19.1 Å². The lowest BCUT2D eigenvalue weighted by Crippen LogP contribution is -2.43. The third-order valence-corrected chi connectivity index (χ3v) is 4.07. The van der Waals surface area contributed by atoms with Crippen molar-refractivity contribution in [1.82, 2.24) is 0 Å². The number of hydrogen-bond acceptors (Lipinski definition) is 3. The smallest absolute Gasteiger partial charge is 0.415 e. The largest absolute Gasteiger partial charge is 0.480 e. The van der Waals surface area contributed by atoms with Crippen molar-refractivity contribution in [1.29, 1.82) is 0 Å². The molecule has 0 spiro atoms. The van der Waals surface area contributed by atoms with E-state index < -0.39 is 23.9 Å². The molecule has 0 fully saturated rings. The highest BCUT2D eigenvalue weighted by Crippen LogP contribution is 2.36. The Labute approximate surface area is 138 Å². The first-order chi connectivity index (χ1) is 11.5. The number of ether oxygens (including phenoxy) is 1. The molecule has 1 aliphatic rings. The molecule has 24 heavy (non-hydrogen) atoms. The minimum atomic E-state index is -1.15. The van der Waals surface area contributed by atoms with Crippen LogP contribution < -0.4 is 4.90 Å². The Kier molecular flexibility index (Phi) is 4.20. The number of anilines is 1. The highest BCUT2D eigenvalue weighted by Gasteiger charge is 2.40. The molecule has 0 aliphatic carbocycles. The summed E-state index contributed by atoms with van der Waals surface area (Å²) in [5, 5.41) is 9.41. The molecular formula is C18H16FNO4. The van der Waals surface area contributed by atoms with Gasteiger partial charge in [-0.1, -0.05) is 30.3 Å². The number of benzene rings is 2.